The van der Waals surface area contributed by atoms with Crippen LogP contribution in [-0.4, -0.2) is 76.1 Å². The second-order valence-electron chi connectivity index (χ2n) is 13.1. The average molecular weight is 552 g/mol. The second kappa shape index (κ2) is 11.7. The van der Waals surface area contributed by atoms with Gasteiger partial charge in [0.05, 0.1) is 6.04 Å². The van der Waals surface area contributed by atoms with Crippen LogP contribution in [0.15, 0.2) is 24.3 Å². The van der Waals surface area contributed by atoms with E-state index in [9.17, 15) is 14.4 Å². The molecule has 0 radical (unpaired) electrons. The van der Waals surface area contributed by atoms with Crippen LogP contribution in [0.3, 0.4) is 0 Å². The van der Waals surface area contributed by atoms with Crippen molar-refractivity contribution < 1.29 is 24.2 Å². The van der Waals surface area contributed by atoms with E-state index in [1.807, 2.05) is 17.0 Å². The number of likely N-dealkylation sites (tertiary alicyclic amines) is 1. The third-order valence-corrected chi connectivity index (χ3v) is 10.5. The standard InChI is InChI=1S/C32H45N3O5/c1-21(36)30-12-5-13-33(30)32(39)35(26-10-4-11-29(19-26)40-20-31(37)38)28-17-24-8-3-9-25(18-28)34(24)27-15-22-6-2-7-23(14-22)16-27/h4,10-11,19,22-25,27-28,30H,2-3,5-9,12-18,20H2,1H3,(H,37,38)/t22-,23+,24-,25+,27?,28?,30-/m1/s1. The molecule has 4 bridgehead atoms. The molecule has 2 aliphatic carbocycles. The molecular weight excluding hydrogens is 506 g/mol. The number of ketones is 1. The van der Waals surface area contributed by atoms with Crippen molar-refractivity contribution in [2.24, 2.45) is 11.8 Å². The molecule has 8 heteroatoms. The van der Waals surface area contributed by atoms with E-state index in [1.54, 1.807) is 24.0 Å². The predicted molar refractivity (Wildman–Crippen MR) is 153 cm³/mol. The Morgan fingerprint density at radius 3 is 2.27 bits per heavy atom. The number of carboxylic acids is 1. The highest BCUT2D eigenvalue weighted by Gasteiger charge is 2.47. The summed E-state index contributed by atoms with van der Waals surface area (Å²) in [7, 11) is 0. The first kappa shape index (κ1) is 27.6. The number of ether oxygens (including phenoxy) is 1. The molecule has 3 saturated heterocycles. The van der Waals surface area contributed by atoms with Crippen molar-refractivity contribution in [3.8, 4) is 5.75 Å². The van der Waals surface area contributed by atoms with Crippen LogP contribution in [0.2, 0.25) is 0 Å². The number of hydrogen-bond acceptors (Lipinski definition) is 5. The lowest BCUT2D eigenvalue weighted by atomic mass is 9.68. The number of piperidine rings is 2. The molecule has 7 atom stereocenters. The Hall–Kier alpha value is -2.61. The Labute approximate surface area is 238 Å². The first-order valence-corrected chi connectivity index (χ1v) is 15.7. The summed E-state index contributed by atoms with van der Waals surface area (Å²) in [6.07, 6.45) is 15.3. The smallest absolute Gasteiger partial charge is 0.341 e. The Bertz CT molecular complexity index is 1080. The summed E-state index contributed by atoms with van der Waals surface area (Å²) in [5.41, 5.74) is 0.728. The summed E-state index contributed by atoms with van der Waals surface area (Å²) in [6, 6.07) is 8.48. The van der Waals surface area contributed by atoms with Gasteiger partial charge in [-0.25, -0.2) is 9.59 Å². The number of fused-ring (bicyclic) bond motifs is 4. The number of aliphatic carboxylic acids is 1. The van der Waals surface area contributed by atoms with Crippen molar-refractivity contribution in [1.82, 2.24) is 9.80 Å². The number of carbonyl (C=O) groups excluding carboxylic acids is 2. The van der Waals surface area contributed by atoms with E-state index in [4.69, 9.17) is 9.84 Å². The van der Waals surface area contributed by atoms with E-state index < -0.39 is 12.6 Å². The topological polar surface area (TPSA) is 90.4 Å². The number of benzene rings is 1. The number of anilines is 1. The maximum absolute atomic E-state index is 14.3. The van der Waals surface area contributed by atoms with Crippen molar-refractivity contribution in [3.05, 3.63) is 24.3 Å². The van der Waals surface area contributed by atoms with E-state index >= 15 is 0 Å². The molecule has 1 N–H and O–H groups in total. The lowest BCUT2D eigenvalue weighted by Crippen LogP contribution is -2.63. The number of hydrogen-bond donors (Lipinski definition) is 1. The molecule has 3 heterocycles. The van der Waals surface area contributed by atoms with Gasteiger partial charge in [-0.1, -0.05) is 31.7 Å². The molecule has 2 saturated carbocycles. The summed E-state index contributed by atoms with van der Waals surface area (Å²) in [5, 5.41) is 9.11. The van der Waals surface area contributed by atoms with Crippen LogP contribution in [0.25, 0.3) is 0 Å². The zero-order chi connectivity index (χ0) is 27.8. The molecule has 40 heavy (non-hydrogen) atoms. The monoisotopic (exact) mass is 551 g/mol. The summed E-state index contributed by atoms with van der Waals surface area (Å²) >= 11 is 0. The van der Waals surface area contributed by atoms with Gasteiger partial charge in [0, 0.05) is 42.5 Å². The summed E-state index contributed by atoms with van der Waals surface area (Å²) in [4.78, 5) is 44.5. The van der Waals surface area contributed by atoms with Gasteiger partial charge in [-0.2, -0.15) is 0 Å². The number of urea groups is 1. The normalized spacial score (nSPS) is 33.8. The highest BCUT2D eigenvalue weighted by molar-refractivity contribution is 5.96. The molecule has 8 nitrogen and oxygen atoms in total. The van der Waals surface area contributed by atoms with Crippen molar-refractivity contribution in [2.75, 3.05) is 18.1 Å². The predicted octanol–water partition coefficient (Wildman–Crippen LogP) is 5.48. The maximum Gasteiger partial charge on any atom is 0.341 e. The Balaban J connectivity index is 1.28. The fourth-order valence-electron chi connectivity index (χ4n) is 9.04. The first-order valence-electron chi connectivity index (χ1n) is 15.7. The van der Waals surface area contributed by atoms with Crippen LogP contribution in [0.1, 0.15) is 90.4 Å². The number of Topliss-reactive ketones (excluding diaryl/α,β-unsaturated/α-hetero) is 1. The lowest BCUT2D eigenvalue weighted by molar-refractivity contribution is -0.139. The third-order valence-electron chi connectivity index (χ3n) is 10.5. The molecule has 218 valence electrons. The minimum Gasteiger partial charge on any atom is -0.482 e. The molecular formula is C32H45N3O5. The van der Waals surface area contributed by atoms with Crippen LogP contribution in [-0.2, 0) is 9.59 Å². The average Bonchev–Trinajstić information content (AvgIpc) is 3.42. The highest BCUT2D eigenvalue weighted by atomic mass is 16.5. The summed E-state index contributed by atoms with van der Waals surface area (Å²) in [6.45, 7) is 1.75. The van der Waals surface area contributed by atoms with Gasteiger partial charge < -0.3 is 14.7 Å². The van der Waals surface area contributed by atoms with E-state index in [1.165, 1.54) is 57.8 Å². The third kappa shape index (κ3) is 5.61. The van der Waals surface area contributed by atoms with Crippen molar-refractivity contribution in [3.63, 3.8) is 0 Å². The van der Waals surface area contributed by atoms with Gasteiger partial charge in [-0.05, 0) is 88.7 Å². The molecule has 6 rings (SSSR count). The quantitative estimate of drug-likeness (QED) is 0.482. The van der Waals surface area contributed by atoms with Crippen molar-refractivity contribution >= 4 is 23.5 Å². The molecule has 1 aromatic carbocycles. The van der Waals surface area contributed by atoms with Crippen molar-refractivity contribution in [1.29, 1.82) is 0 Å². The van der Waals surface area contributed by atoms with Gasteiger partial charge >= 0.3 is 12.0 Å². The number of carboxylic acid groups (broad SMARTS) is 1. The Morgan fingerprint density at radius 1 is 0.900 bits per heavy atom. The molecule has 0 aromatic heterocycles. The Kier molecular flexibility index (Phi) is 8.07. The van der Waals surface area contributed by atoms with Gasteiger partial charge in [0.1, 0.15) is 5.75 Å². The van der Waals surface area contributed by atoms with Crippen LogP contribution in [0, 0.1) is 11.8 Å². The first-order chi connectivity index (χ1) is 19.4. The summed E-state index contributed by atoms with van der Waals surface area (Å²) < 4.78 is 5.50. The maximum atomic E-state index is 14.3. The molecule has 2 amide bonds. The molecule has 2 unspecified atom stereocenters. The minimum absolute atomic E-state index is 0.0325. The molecule has 5 aliphatic rings. The van der Waals surface area contributed by atoms with Crippen LogP contribution in [0.5, 0.6) is 5.75 Å². The number of carbonyl (C=O) groups is 3. The van der Waals surface area contributed by atoms with Gasteiger partial charge in [-0.3, -0.25) is 14.6 Å². The number of amides is 2. The van der Waals surface area contributed by atoms with Gasteiger partial charge in [0.25, 0.3) is 0 Å². The minimum atomic E-state index is -1.04. The fraction of sp³-hybridized carbons (Fsp3) is 0.719. The van der Waals surface area contributed by atoms with Crippen LogP contribution < -0.4 is 9.64 Å². The number of rotatable bonds is 7. The Morgan fingerprint density at radius 2 is 1.60 bits per heavy atom. The number of nitrogens with zero attached hydrogens (tertiary/aromatic N) is 3. The van der Waals surface area contributed by atoms with E-state index in [0.29, 0.717) is 36.8 Å². The second-order valence-corrected chi connectivity index (χ2v) is 13.1. The largest absolute Gasteiger partial charge is 0.482 e. The molecule has 0 spiro atoms. The van der Waals surface area contributed by atoms with Gasteiger partial charge in [-0.15, -0.1) is 0 Å². The summed E-state index contributed by atoms with van der Waals surface area (Å²) in [5.74, 6) is 1.22. The van der Waals surface area contributed by atoms with Gasteiger partial charge in [0.15, 0.2) is 12.4 Å². The lowest BCUT2D eigenvalue weighted by Gasteiger charge is -2.56. The van der Waals surface area contributed by atoms with E-state index in [-0.39, 0.29) is 23.9 Å². The SMILES string of the molecule is CC(=O)[C@H]1CCCN1C(=O)N(c1cccc(OCC(=O)O)c1)C1C[C@H]2CCC[C@@H](C1)N2C1C[C@H]2CCC[C@@H](C1)C2. The van der Waals surface area contributed by atoms with Crippen molar-refractivity contribution in [2.45, 2.75) is 121 Å². The zero-order valence-corrected chi connectivity index (χ0v) is 23.9. The molecule has 5 fully saturated rings. The van der Waals surface area contributed by atoms with Crippen LogP contribution in [0.4, 0.5) is 10.5 Å². The van der Waals surface area contributed by atoms with E-state index in [2.05, 4.69) is 4.90 Å². The highest BCUT2D eigenvalue weighted by Crippen LogP contribution is 2.47. The van der Waals surface area contributed by atoms with Gasteiger partial charge in [0.2, 0.25) is 0 Å². The zero-order valence-electron chi connectivity index (χ0n) is 23.9. The molecule has 3 aliphatic heterocycles. The molecule has 1 aromatic rings. The van der Waals surface area contributed by atoms with Crippen LogP contribution >= 0.6 is 0 Å². The fourth-order valence-corrected chi connectivity index (χ4v) is 9.04. The van der Waals surface area contributed by atoms with E-state index in [0.717, 1.165) is 36.8 Å².